The van der Waals surface area contributed by atoms with Crippen molar-refractivity contribution in [3.63, 3.8) is 0 Å². The van der Waals surface area contributed by atoms with E-state index in [9.17, 15) is 0 Å². The lowest BCUT2D eigenvalue weighted by Gasteiger charge is -2.29. The van der Waals surface area contributed by atoms with E-state index in [2.05, 4.69) is 27.7 Å². The molecule has 1 unspecified atom stereocenters. The maximum Gasteiger partial charge on any atom is 0.0950 e. The van der Waals surface area contributed by atoms with Gasteiger partial charge in [-0.15, -0.1) is 0 Å². The van der Waals surface area contributed by atoms with Gasteiger partial charge in [0.15, 0.2) is 0 Å². The lowest BCUT2D eigenvalue weighted by Crippen LogP contribution is -2.34. The van der Waals surface area contributed by atoms with Gasteiger partial charge in [-0.1, -0.05) is 13.8 Å². The van der Waals surface area contributed by atoms with Crippen LogP contribution in [0, 0.1) is 0 Å². The first-order valence-electron chi connectivity index (χ1n) is 6.29. The Morgan fingerprint density at radius 2 is 1.73 bits per heavy atom. The summed E-state index contributed by atoms with van der Waals surface area (Å²) >= 11 is 0. The van der Waals surface area contributed by atoms with Crippen molar-refractivity contribution in [1.82, 2.24) is 0 Å². The lowest BCUT2D eigenvalue weighted by atomic mass is 9.85. The number of ether oxygens (including phenoxy) is 2. The van der Waals surface area contributed by atoms with Crippen molar-refractivity contribution in [3.8, 4) is 0 Å². The van der Waals surface area contributed by atoms with Crippen LogP contribution in [0.3, 0.4) is 0 Å². The van der Waals surface area contributed by atoms with Gasteiger partial charge in [-0.3, -0.25) is 0 Å². The van der Waals surface area contributed by atoms with Gasteiger partial charge in [0.1, 0.15) is 0 Å². The van der Waals surface area contributed by atoms with Gasteiger partial charge in [-0.2, -0.15) is 0 Å². The molecule has 0 aromatic rings. The number of hydrogen-bond donors (Lipinski definition) is 0. The summed E-state index contributed by atoms with van der Waals surface area (Å²) in [5, 5.41) is 0. The van der Waals surface area contributed by atoms with E-state index in [1.54, 1.807) is 0 Å². The molecule has 2 aliphatic heterocycles. The third-order valence-corrected chi connectivity index (χ3v) is 4.25. The molecule has 0 aliphatic carbocycles. The molecule has 2 heterocycles. The van der Waals surface area contributed by atoms with E-state index in [0.29, 0.717) is 0 Å². The second-order valence-corrected chi connectivity index (χ2v) is 5.90. The average molecular weight is 212 g/mol. The van der Waals surface area contributed by atoms with Gasteiger partial charge in [-0.25, -0.2) is 0 Å². The summed E-state index contributed by atoms with van der Waals surface area (Å²) in [6.07, 6.45) is 5.64. The number of rotatable bonds is 2. The monoisotopic (exact) mass is 212 g/mol. The van der Waals surface area contributed by atoms with Crippen LogP contribution < -0.4 is 0 Å². The molecule has 0 amide bonds. The average Bonchev–Trinajstić information content (AvgIpc) is 2.69. The van der Waals surface area contributed by atoms with Crippen molar-refractivity contribution in [2.75, 3.05) is 6.61 Å². The van der Waals surface area contributed by atoms with Gasteiger partial charge in [0.05, 0.1) is 23.4 Å². The van der Waals surface area contributed by atoms with E-state index in [0.717, 1.165) is 25.9 Å². The molecule has 2 aliphatic rings. The summed E-state index contributed by atoms with van der Waals surface area (Å²) in [5.74, 6) is 0. The van der Waals surface area contributed by atoms with Gasteiger partial charge in [0, 0.05) is 6.42 Å². The van der Waals surface area contributed by atoms with Gasteiger partial charge >= 0.3 is 0 Å². The molecule has 2 saturated heterocycles. The summed E-state index contributed by atoms with van der Waals surface area (Å²) in [6.45, 7) is 9.64. The zero-order chi connectivity index (χ0) is 11.2. The van der Waals surface area contributed by atoms with Crippen LogP contribution in [0.1, 0.15) is 59.8 Å². The molecule has 0 radical (unpaired) electrons. The minimum absolute atomic E-state index is 0.0372. The molecule has 0 aromatic carbocycles. The van der Waals surface area contributed by atoms with Gasteiger partial charge < -0.3 is 9.47 Å². The molecule has 0 bridgehead atoms. The molecular weight excluding hydrogens is 188 g/mol. The highest BCUT2D eigenvalue weighted by Gasteiger charge is 2.53. The smallest absolute Gasteiger partial charge is 0.0950 e. The van der Waals surface area contributed by atoms with Crippen molar-refractivity contribution in [2.24, 2.45) is 0 Å². The fourth-order valence-electron chi connectivity index (χ4n) is 3.12. The third kappa shape index (κ3) is 1.94. The molecule has 0 N–H and O–H groups in total. The zero-order valence-electron chi connectivity index (χ0n) is 10.6. The summed E-state index contributed by atoms with van der Waals surface area (Å²) in [4.78, 5) is 0. The second kappa shape index (κ2) is 3.46. The van der Waals surface area contributed by atoms with Crippen molar-refractivity contribution < 1.29 is 9.47 Å². The van der Waals surface area contributed by atoms with Gasteiger partial charge in [0.25, 0.3) is 0 Å². The van der Waals surface area contributed by atoms with Crippen molar-refractivity contribution in [2.45, 2.75) is 76.6 Å². The topological polar surface area (TPSA) is 18.5 Å². The van der Waals surface area contributed by atoms with E-state index in [1.165, 1.54) is 12.8 Å². The molecule has 1 spiro atoms. The fourth-order valence-corrected chi connectivity index (χ4v) is 3.12. The quantitative estimate of drug-likeness (QED) is 0.699. The zero-order valence-corrected chi connectivity index (χ0v) is 10.6. The molecule has 88 valence electrons. The highest BCUT2D eigenvalue weighted by molar-refractivity contribution is 5.03. The number of hydrogen-bond acceptors (Lipinski definition) is 2. The maximum atomic E-state index is 6.23. The Morgan fingerprint density at radius 3 is 2.13 bits per heavy atom. The standard InChI is InChI=1S/C13H24O2/c1-5-12(6-2)9-13(10-14-12)8-7-11(3,4)15-13/h5-10H2,1-4H3. The van der Waals surface area contributed by atoms with Crippen molar-refractivity contribution in [1.29, 1.82) is 0 Å². The van der Waals surface area contributed by atoms with E-state index < -0.39 is 0 Å². The van der Waals surface area contributed by atoms with Crippen LogP contribution in [0.5, 0.6) is 0 Å². The minimum Gasteiger partial charge on any atom is -0.372 e. The summed E-state index contributed by atoms with van der Waals surface area (Å²) in [5.41, 5.74) is 0.191. The third-order valence-electron chi connectivity index (χ3n) is 4.25. The van der Waals surface area contributed by atoms with Crippen LogP contribution in [0.25, 0.3) is 0 Å². The van der Waals surface area contributed by atoms with E-state index in [1.807, 2.05) is 0 Å². The molecule has 2 nitrogen and oxygen atoms in total. The normalized spacial score (nSPS) is 37.6. The molecular formula is C13H24O2. The van der Waals surface area contributed by atoms with Crippen LogP contribution in [-0.4, -0.2) is 23.4 Å². The van der Waals surface area contributed by atoms with Crippen molar-refractivity contribution >= 4 is 0 Å². The second-order valence-electron chi connectivity index (χ2n) is 5.90. The summed E-state index contributed by atoms with van der Waals surface area (Å²) in [6, 6.07) is 0. The van der Waals surface area contributed by atoms with Crippen LogP contribution in [0.15, 0.2) is 0 Å². The molecule has 2 rings (SSSR count). The molecule has 0 aromatic heterocycles. The van der Waals surface area contributed by atoms with Crippen molar-refractivity contribution in [3.05, 3.63) is 0 Å². The van der Waals surface area contributed by atoms with Crippen LogP contribution in [0.2, 0.25) is 0 Å². The van der Waals surface area contributed by atoms with E-state index >= 15 is 0 Å². The Kier molecular flexibility index (Phi) is 2.63. The maximum absolute atomic E-state index is 6.23. The predicted molar refractivity (Wildman–Crippen MR) is 61.0 cm³/mol. The minimum atomic E-state index is 0.0372. The Morgan fingerprint density at radius 1 is 1.07 bits per heavy atom. The molecule has 0 saturated carbocycles. The van der Waals surface area contributed by atoms with Crippen LogP contribution in [-0.2, 0) is 9.47 Å². The highest BCUT2D eigenvalue weighted by atomic mass is 16.6. The first-order valence-corrected chi connectivity index (χ1v) is 6.29. The largest absolute Gasteiger partial charge is 0.372 e. The lowest BCUT2D eigenvalue weighted by molar-refractivity contribution is -0.0870. The summed E-state index contributed by atoms with van der Waals surface area (Å²) in [7, 11) is 0. The predicted octanol–water partition coefficient (Wildman–Crippen LogP) is 3.29. The SMILES string of the molecule is CCC1(CC)CC2(CCC(C)(C)O2)CO1. The van der Waals surface area contributed by atoms with Gasteiger partial charge in [0.2, 0.25) is 0 Å². The summed E-state index contributed by atoms with van der Waals surface area (Å²) < 4.78 is 12.3. The van der Waals surface area contributed by atoms with E-state index in [4.69, 9.17) is 9.47 Å². The fraction of sp³-hybridized carbons (Fsp3) is 1.00. The Balaban J connectivity index is 2.09. The van der Waals surface area contributed by atoms with Crippen LogP contribution in [0.4, 0.5) is 0 Å². The van der Waals surface area contributed by atoms with Gasteiger partial charge in [-0.05, 0) is 39.5 Å². The van der Waals surface area contributed by atoms with E-state index in [-0.39, 0.29) is 16.8 Å². The molecule has 1 atom stereocenters. The first-order chi connectivity index (χ1) is 6.95. The first kappa shape index (κ1) is 11.4. The Labute approximate surface area is 93.3 Å². The Bertz CT molecular complexity index is 243. The molecule has 15 heavy (non-hydrogen) atoms. The van der Waals surface area contributed by atoms with Crippen LogP contribution >= 0.6 is 0 Å². The molecule has 2 fully saturated rings. The molecule has 2 heteroatoms. The Hall–Kier alpha value is -0.0800. The highest BCUT2D eigenvalue weighted by Crippen LogP contribution is 2.49.